The van der Waals surface area contributed by atoms with Gasteiger partial charge in [0.25, 0.3) is 11.8 Å². The van der Waals surface area contributed by atoms with Crippen molar-refractivity contribution < 1.29 is 23.9 Å². The molecule has 0 fully saturated rings. The van der Waals surface area contributed by atoms with Crippen molar-refractivity contribution in [1.82, 2.24) is 4.90 Å². The Morgan fingerprint density at radius 1 is 1.22 bits per heavy atom. The monoisotopic (exact) mass is 315 g/mol. The Bertz CT molecular complexity index is 687. The predicted molar refractivity (Wildman–Crippen MR) is 75.7 cm³/mol. The number of carbonyl (C=O) groups excluding carboxylic acids is 4. The van der Waals surface area contributed by atoms with Crippen molar-refractivity contribution in [2.24, 2.45) is 5.73 Å². The average Bonchev–Trinajstić information content (AvgIpc) is 2.78. The lowest BCUT2D eigenvalue weighted by Crippen LogP contribution is -2.48. The maximum absolute atomic E-state index is 12.3. The molecule has 3 amide bonds. The molecule has 8 nitrogen and oxygen atoms in total. The summed E-state index contributed by atoms with van der Waals surface area (Å²) in [5.74, 6) is -2.86. The number of nitrogens with two attached hydrogens (primary N) is 1. The zero-order chi connectivity index (χ0) is 17.0. The van der Waals surface area contributed by atoms with Gasteiger partial charge >= 0.3 is 5.97 Å². The van der Waals surface area contributed by atoms with Crippen LogP contribution in [0, 0.1) is 11.3 Å². The van der Waals surface area contributed by atoms with E-state index in [0.29, 0.717) is 0 Å². The van der Waals surface area contributed by atoms with Gasteiger partial charge in [0.1, 0.15) is 12.1 Å². The van der Waals surface area contributed by atoms with Crippen molar-refractivity contribution in [3.05, 3.63) is 35.4 Å². The molecule has 1 atom stereocenters. The zero-order valence-electron chi connectivity index (χ0n) is 12.0. The van der Waals surface area contributed by atoms with Crippen molar-refractivity contribution >= 4 is 23.7 Å². The van der Waals surface area contributed by atoms with E-state index in [4.69, 9.17) is 11.0 Å². The number of imide groups is 1. The average molecular weight is 315 g/mol. The Morgan fingerprint density at radius 2 is 1.78 bits per heavy atom. The Morgan fingerprint density at radius 3 is 2.26 bits per heavy atom. The highest BCUT2D eigenvalue weighted by atomic mass is 16.5. The number of hydrogen-bond acceptors (Lipinski definition) is 6. The summed E-state index contributed by atoms with van der Waals surface area (Å²) in [7, 11) is 0. The molecule has 0 aliphatic carbocycles. The van der Waals surface area contributed by atoms with Crippen molar-refractivity contribution in [2.75, 3.05) is 6.61 Å². The van der Waals surface area contributed by atoms with E-state index in [-0.39, 0.29) is 24.0 Å². The molecule has 0 saturated carbocycles. The molecule has 0 saturated heterocycles. The fourth-order valence-electron chi connectivity index (χ4n) is 2.33. The molecular weight excluding hydrogens is 302 g/mol. The van der Waals surface area contributed by atoms with Crippen molar-refractivity contribution in [1.29, 1.82) is 5.26 Å². The van der Waals surface area contributed by atoms with E-state index in [1.807, 2.05) is 0 Å². The summed E-state index contributed by atoms with van der Waals surface area (Å²) in [5, 5.41) is 8.32. The van der Waals surface area contributed by atoms with Gasteiger partial charge in [-0.1, -0.05) is 12.1 Å². The summed E-state index contributed by atoms with van der Waals surface area (Å²) in [6.45, 7) is -0.410. The molecule has 1 aromatic carbocycles. The van der Waals surface area contributed by atoms with Crippen LogP contribution in [0.2, 0.25) is 0 Å². The fourth-order valence-corrected chi connectivity index (χ4v) is 2.33. The van der Waals surface area contributed by atoms with Crippen LogP contribution in [0.4, 0.5) is 0 Å². The van der Waals surface area contributed by atoms with Gasteiger partial charge in [0.2, 0.25) is 5.91 Å². The Kier molecular flexibility index (Phi) is 4.71. The van der Waals surface area contributed by atoms with Crippen LogP contribution in [-0.2, 0) is 14.3 Å². The first-order chi connectivity index (χ1) is 11.0. The Hall–Kier alpha value is -3.21. The number of hydrogen-bond donors (Lipinski definition) is 1. The van der Waals surface area contributed by atoms with Crippen molar-refractivity contribution in [3.63, 3.8) is 0 Å². The predicted octanol–water partition coefficient (Wildman–Crippen LogP) is -0.0165. The van der Waals surface area contributed by atoms with Gasteiger partial charge in [-0.05, 0) is 18.6 Å². The molecule has 1 heterocycles. The number of fused-ring (bicyclic) bond motifs is 1. The standard InChI is InChI=1S/C15H13N3O5/c16-7-8-23-12(19)6-5-11(13(17)20)18-14(21)9-3-1-2-4-10(9)15(18)22/h1-4,11H,5-6,8H2,(H2,17,20)/t11-/m0/s1. The highest BCUT2D eigenvalue weighted by Gasteiger charge is 2.41. The summed E-state index contributed by atoms with van der Waals surface area (Å²) in [4.78, 5) is 48.4. The van der Waals surface area contributed by atoms with Crippen LogP contribution in [0.25, 0.3) is 0 Å². The normalized spacial score (nSPS) is 14.1. The number of ether oxygens (including phenoxy) is 1. The molecular formula is C15H13N3O5. The summed E-state index contributed by atoms with van der Waals surface area (Å²) < 4.78 is 4.56. The second-order valence-corrected chi connectivity index (χ2v) is 4.80. The molecule has 23 heavy (non-hydrogen) atoms. The van der Waals surface area contributed by atoms with Crippen LogP contribution in [-0.4, -0.2) is 41.2 Å². The van der Waals surface area contributed by atoms with Gasteiger partial charge in [-0.15, -0.1) is 0 Å². The van der Waals surface area contributed by atoms with Crippen LogP contribution < -0.4 is 5.73 Å². The summed E-state index contributed by atoms with van der Waals surface area (Å²) in [5.41, 5.74) is 5.65. The summed E-state index contributed by atoms with van der Waals surface area (Å²) >= 11 is 0. The number of primary amides is 1. The third-order valence-electron chi connectivity index (χ3n) is 3.39. The lowest BCUT2D eigenvalue weighted by molar-refractivity contribution is -0.142. The van der Waals surface area contributed by atoms with E-state index in [0.717, 1.165) is 4.90 Å². The molecule has 0 unspecified atom stereocenters. The molecule has 1 aromatic rings. The number of rotatable bonds is 6. The van der Waals surface area contributed by atoms with E-state index in [1.165, 1.54) is 12.1 Å². The quantitative estimate of drug-likeness (QED) is 0.580. The van der Waals surface area contributed by atoms with Crippen LogP contribution in [0.5, 0.6) is 0 Å². The minimum atomic E-state index is -1.25. The van der Waals surface area contributed by atoms with E-state index < -0.39 is 36.3 Å². The topological polar surface area (TPSA) is 131 Å². The van der Waals surface area contributed by atoms with Crippen molar-refractivity contribution in [3.8, 4) is 6.07 Å². The van der Waals surface area contributed by atoms with Gasteiger partial charge in [-0.3, -0.25) is 24.1 Å². The molecule has 0 aromatic heterocycles. The molecule has 1 aliphatic heterocycles. The molecule has 2 rings (SSSR count). The lowest BCUT2D eigenvalue weighted by Gasteiger charge is -2.22. The lowest BCUT2D eigenvalue weighted by atomic mass is 10.1. The SMILES string of the molecule is N#CCOC(=O)CC[C@@H](C(N)=O)N1C(=O)c2ccccc2C1=O. The number of nitriles is 1. The van der Waals surface area contributed by atoms with Crippen molar-refractivity contribution in [2.45, 2.75) is 18.9 Å². The number of amides is 3. The third-order valence-corrected chi connectivity index (χ3v) is 3.39. The first kappa shape index (κ1) is 16.2. The van der Waals surface area contributed by atoms with Crippen LogP contribution in [0.1, 0.15) is 33.6 Å². The Labute approximate surface area is 131 Å². The molecule has 0 spiro atoms. The minimum absolute atomic E-state index is 0.162. The first-order valence-electron chi connectivity index (χ1n) is 6.76. The second-order valence-electron chi connectivity index (χ2n) is 4.80. The second kappa shape index (κ2) is 6.70. The van der Waals surface area contributed by atoms with Gasteiger partial charge in [-0.2, -0.15) is 5.26 Å². The Balaban J connectivity index is 2.15. The molecule has 8 heteroatoms. The highest BCUT2D eigenvalue weighted by molar-refractivity contribution is 6.22. The summed E-state index contributed by atoms with van der Waals surface area (Å²) in [6, 6.07) is 6.55. The maximum Gasteiger partial charge on any atom is 0.306 e. The number of esters is 1. The van der Waals surface area contributed by atoms with Crippen LogP contribution in [0.3, 0.4) is 0 Å². The minimum Gasteiger partial charge on any atom is -0.450 e. The molecule has 1 aliphatic rings. The third kappa shape index (κ3) is 3.18. The molecule has 2 N–H and O–H groups in total. The fraction of sp³-hybridized carbons (Fsp3) is 0.267. The van der Waals surface area contributed by atoms with Crippen LogP contribution >= 0.6 is 0 Å². The number of nitrogens with zero attached hydrogens (tertiary/aromatic N) is 2. The van der Waals surface area contributed by atoms with E-state index in [1.54, 1.807) is 18.2 Å². The van der Waals surface area contributed by atoms with E-state index >= 15 is 0 Å². The molecule has 0 bridgehead atoms. The van der Waals surface area contributed by atoms with Gasteiger partial charge in [-0.25, -0.2) is 0 Å². The highest BCUT2D eigenvalue weighted by Crippen LogP contribution is 2.25. The molecule has 118 valence electrons. The van der Waals surface area contributed by atoms with Crippen LogP contribution in [0.15, 0.2) is 24.3 Å². The zero-order valence-corrected chi connectivity index (χ0v) is 12.0. The number of carbonyl (C=O) groups is 4. The van der Waals surface area contributed by atoms with Gasteiger partial charge in [0.05, 0.1) is 11.1 Å². The first-order valence-corrected chi connectivity index (χ1v) is 6.76. The maximum atomic E-state index is 12.3. The largest absolute Gasteiger partial charge is 0.450 e. The van der Waals surface area contributed by atoms with Gasteiger partial charge in [0, 0.05) is 6.42 Å². The van der Waals surface area contributed by atoms with E-state index in [2.05, 4.69) is 4.74 Å². The number of benzene rings is 1. The summed E-state index contributed by atoms with van der Waals surface area (Å²) in [6.07, 6.45) is -0.409. The smallest absolute Gasteiger partial charge is 0.306 e. The molecule has 0 radical (unpaired) electrons. The van der Waals surface area contributed by atoms with E-state index in [9.17, 15) is 19.2 Å². The van der Waals surface area contributed by atoms with Gasteiger partial charge in [0.15, 0.2) is 6.61 Å². The van der Waals surface area contributed by atoms with Gasteiger partial charge < -0.3 is 10.5 Å².